The van der Waals surface area contributed by atoms with Crippen molar-refractivity contribution in [3.8, 4) is 5.75 Å². The Morgan fingerprint density at radius 2 is 1.03 bits per heavy atom. The first-order valence-electron chi connectivity index (χ1n) is 45.5. The molecule has 9 rings (SSSR count). The van der Waals surface area contributed by atoms with E-state index in [-0.39, 0.29) is 115 Å². The van der Waals surface area contributed by atoms with Gasteiger partial charge in [0, 0.05) is 118 Å². The molecule has 1 unspecified atom stereocenters. The average Bonchev–Trinajstić information content (AvgIpc) is 1.72. The number of guanidine groups is 1. The van der Waals surface area contributed by atoms with Gasteiger partial charge in [0.05, 0.1) is 31.7 Å². The van der Waals surface area contributed by atoms with Crippen LogP contribution in [-0.4, -0.2) is 311 Å². The number of aliphatic hydroxyl groups excluding tert-OH is 1. The minimum atomic E-state index is -1.86. The molecule has 17 amide bonds. The number of amides is 17. The second-order valence-electron chi connectivity index (χ2n) is 34.8. The van der Waals surface area contributed by atoms with E-state index in [1.165, 1.54) is 74.7 Å². The van der Waals surface area contributed by atoms with Crippen molar-refractivity contribution in [1.29, 1.82) is 5.41 Å². The van der Waals surface area contributed by atoms with Gasteiger partial charge in [-0.3, -0.25) is 86.9 Å². The molecule has 3 saturated heterocycles. The number of H-pyrrole nitrogens is 3. The monoisotopic (exact) mass is 1890 g/mol. The number of thioether (sulfide) groups is 1. The lowest BCUT2D eigenvalue weighted by Gasteiger charge is -2.36. The Kier molecular flexibility index (Phi) is 39.2. The summed E-state index contributed by atoms with van der Waals surface area (Å²) < 4.78 is 0. The number of hydrogen-bond acceptors (Lipinski definition) is 22. The molecule has 6 heterocycles. The molecule has 0 spiro atoms. The molecule has 3 aliphatic heterocycles. The maximum Gasteiger partial charge on any atom is 0.246 e. The third kappa shape index (κ3) is 29.4. The number of rotatable bonds is 26. The summed E-state index contributed by atoms with van der Waals surface area (Å²) in [7, 11) is 3.98. The van der Waals surface area contributed by atoms with Crippen LogP contribution in [0.5, 0.6) is 5.75 Å². The smallest absolute Gasteiger partial charge is 0.246 e. The number of aromatic hydroxyl groups is 1. The standard InChI is InChI=1S/C91H128N24O19S/c1-9-11-25-70-83(127)103-61(24-17-33-97-91(94)95)79(123)110-69(78(122)100-45-75(93)119)47-135-48-76(120)102-65(37-52-29-31-56(117)32-30-52)86(130)111(6)51(5)77(121)106-67(40-55-44-96-49-101-55)89(133)115-35-19-28-72(115)85(129)105-63(41-74(92)118)81(125)107-64(36-50(3)4)88(132)114-34-18-27-71(114)84(128)104-62(38-53-42-98-59-22-15-13-20-57(53)59)80(124)109-68(46-116)82(126)108-66(39-54-43-99-60-23-16-14-21-58(54)60)87(131)113(8)73(26-12-10-2)90(134)112(70)7/h13-16,20-23,29-32,42-44,49-51,61-73,98-99,116-117H,9-12,17-19,24-28,33-41,45-48H2,1-8H3,(H2,92,118)(H2,93,119)(H,96,101)(H,100,122)(H,102,120)(H,103,127)(H,104,128)(H,105,129)(H,106,121)(H,107,125)(H,108,126)(H,109,124)(H,110,123)(H4,94,95,97)/t51-,61-,62-,63-,64-,65-,66-,67-,68-,69?,70-,71-,72-,73-/m0/s1. The zero-order chi connectivity index (χ0) is 98.4. The number of phenolic OH excluding ortho intramolecular Hbond substituents is 1. The molecule has 3 aromatic heterocycles. The Bertz CT molecular complexity index is 5200. The number of aromatic nitrogens is 4. The van der Waals surface area contributed by atoms with Crippen molar-refractivity contribution in [2.24, 2.45) is 23.1 Å². The van der Waals surface area contributed by atoms with Crippen molar-refractivity contribution >= 4 is 140 Å². The number of fused-ring (bicyclic) bond motifs is 4. The topological polar surface area (TPSA) is 641 Å². The summed E-state index contributed by atoms with van der Waals surface area (Å²) in [4.78, 5) is 270. The molecule has 0 aliphatic carbocycles. The molecule has 0 saturated carbocycles. The van der Waals surface area contributed by atoms with Crippen LogP contribution in [0.25, 0.3) is 21.8 Å². The molecule has 14 atom stereocenters. The fourth-order valence-corrected chi connectivity index (χ4v) is 17.6. The number of aromatic amines is 3. The maximum absolute atomic E-state index is 15.7. The number of para-hydroxylation sites is 2. The molecule has 0 radical (unpaired) electrons. The number of nitrogens with two attached hydrogens (primary N) is 3. The quantitative estimate of drug-likeness (QED) is 0.0160. The lowest BCUT2D eigenvalue weighted by molar-refractivity contribution is -0.149. The Morgan fingerprint density at radius 3 is 1.60 bits per heavy atom. The average molecular weight is 1890 g/mol. The molecule has 3 aromatic carbocycles. The lowest BCUT2D eigenvalue weighted by atomic mass is 10.00. The van der Waals surface area contributed by atoms with Gasteiger partial charge >= 0.3 is 0 Å². The highest BCUT2D eigenvalue weighted by molar-refractivity contribution is 8.00. The Balaban J connectivity index is 1.10. The molecule has 3 aliphatic rings. The third-order valence-electron chi connectivity index (χ3n) is 24.3. The third-order valence-corrected chi connectivity index (χ3v) is 25.3. The number of benzene rings is 3. The summed E-state index contributed by atoms with van der Waals surface area (Å²) in [6, 6.07) is -1.37. The van der Waals surface area contributed by atoms with Crippen LogP contribution in [0.1, 0.15) is 147 Å². The highest BCUT2D eigenvalue weighted by atomic mass is 32.2. The van der Waals surface area contributed by atoms with Gasteiger partial charge in [-0.15, -0.1) is 11.8 Å². The van der Waals surface area contributed by atoms with Gasteiger partial charge in [-0.2, -0.15) is 0 Å². The number of unbranched alkanes of at least 4 members (excludes halogenated alkanes) is 2. The second kappa shape index (κ2) is 50.4. The second-order valence-corrected chi connectivity index (χ2v) is 35.8. The van der Waals surface area contributed by atoms with Gasteiger partial charge in [-0.1, -0.05) is 102 Å². The van der Waals surface area contributed by atoms with E-state index in [0.29, 0.717) is 69.9 Å². The van der Waals surface area contributed by atoms with Crippen molar-refractivity contribution in [3.63, 3.8) is 0 Å². The van der Waals surface area contributed by atoms with Gasteiger partial charge in [0.25, 0.3) is 0 Å². The van der Waals surface area contributed by atoms with Gasteiger partial charge < -0.3 is 125 Å². The first kappa shape index (κ1) is 105. The number of nitrogens with one attached hydrogen (secondary N) is 15. The molecule has 0 bridgehead atoms. The molecule has 732 valence electrons. The Morgan fingerprint density at radius 1 is 0.526 bits per heavy atom. The highest BCUT2D eigenvalue weighted by Gasteiger charge is 2.46. The van der Waals surface area contributed by atoms with Crippen LogP contribution in [0.3, 0.4) is 0 Å². The van der Waals surface area contributed by atoms with E-state index in [2.05, 4.69) is 78.4 Å². The Labute approximate surface area is 785 Å². The number of hydrogen-bond donors (Lipinski definition) is 20. The van der Waals surface area contributed by atoms with Crippen LogP contribution < -0.4 is 75.7 Å². The molecule has 23 N–H and O–H groups in total. The predicted octanol–water partition coefficient (Wildman–Crippen LogP) is -1.90. The van der Waals surface area contributed by atoms with Gasteiger partial charge in [-0.05, 0) is 112 Å². The minimum absolute atomic E-state index is 0.000173. The lowest BCUT2D eigenvalue weighted by Crippen LogP contribution is -2.62. The van der Waals surface area contributed by atoms with E-state index in [4.69, 9.17) is 22.6 Å². The number of carbonyl (C=O) groups is 17. The van der Waals surface area contributed by atoms with Crippen LogP contribution in [0, 0.1) is 11.3 Å². The summed E-state index contributed by atoms with van der Waals surface area (Å²) in [6.07, 6.45) is 6.10. The number of phenols is 1. The SMILES string of the molecule is CCCC[C@H]1C(=O)N(C)[C@@H](CCCC)C(=O)N[C@@H](CCCNC(=N)N)C(=O)NC(C(=O)NCC(N)=O)CSCC(=O)N[C@@H](Cc2ccc(O)cc2)C(=O)N(C)[C@@H](C)C(=O)N[C@@H](Cc2cnc[nH]2)C(=O)N2CCC[C@H]2C(=O)N[C@@H](CC(N)=O)C(=O)N[C@@H](CC(C)C)C(=O)N2CCC[C@H]2C(=O)N[C@@H](Cc2c[nH]c3ccccc23)C(=O)N[C@@H](CO)C(=O)N[C@@H](Cc2c[nH]c3ccccc23)C(=O)N1C. The summed E-state index contributed by atoms with van der Waals surface area (Å²) in [5, 5.41) is 59.9. The number of primary amides is 2. The van der Waals surface area contributed by atoms with Crippen molar-refractivity contribution in [2.75, 3.05) is 65.4 Å². The normalized spacial score (nSPS) is 24.2. The summed E-state index contributed by atoms with van der Waals surface area (Å²) >= 11 is 0.780. The predicted molar refractivity (Wildman–Crippen MR) is 498 cm³/mol. The first-order valence-corrected chi connectivity index (χ1v) is 46.6. The first-order chi connectivity index (χ1) is 64.4. The summed E-state index contributed by atoms with van der Waals surface area (Å²) in [6.45, 7) is 6.65. The van der Waals surface area contributed by atoms with Crippen molar-refractivity contribution < 1.29 is 91.7 Å². The molecular formula is C91H128N24O19S. The number of imidazole rings is 1. The number of carbonyl (C=O) groups excluding carboxylic acids is 17. The van der Waals surface area contributed by atoms with E-state index in [9.17, 15) is 53.4 Å². The van der Waals surface area contributed by atoms with Crippen LogP contribution in [0.4, 0.5) is 0 Å². The molecule has 44 heteroatoms. The van der Waals surface area contributed by atoms with Crippen LogP contribution in [0.2, 0.25) is 0 Å². The van der Waals surface area contributed by atoms with Crippen molar-refractivity contribution in [3.05, 3.63) is 120 Å². The summed E-state index contributed by atoms with van der Waals surface area (Å²) in [5.74, 6) is -17.3. The largest absolute Gasteiger partial charge is 0.508 e. The highest BCUT2D eigenvalue weighted by Crippen LogP contribution is 2.28. The number of aliphatic hydroxyl groups is 1. The van der Waals surface area contributed by atoms with E-state index in [1.54, 1.807) is 74.8 Å². The number of likely N-dealkylation sites (N-methyl/N-ethyl adjacent to an activating group) is 3. The Hall–Kier alpha value is -13.7. The zero-order valence-electron chi connectivity index (χ0n) is 77.2. The number of nitrogens with zero attached hydrogens (tertiary/aromatic N) is 6. The maximum atomic E-state index is 15.7. The van der Waals surface area contributed by atoms with Crippen LogP contribution in [0.15, 0.2) is 97.7 Å². The molecule has 43 nitrogen and oxygen atoms in total. The van der Waals surface area contributed by atoms with E-state index >= 15 is 38.4 Å². The molecular weight excluding hydrogens is 1770 g/mol. The molecule has 6 aromatic rings. The van der Waals surface area contributed by atoms with Gasteiger partial charge in [0.2, 0.25) is 100 Å². The minimum Gasteiger partial charge on any atom is -0.508 e. The summed E-state index contributed by atoms with van der Waals surface area (Å²) in [5.41, 5.74) is 20.0. The van der Waals surface area contributed by atoms with E-state index in [1.807, 2.05) is 13.8 Å². The molecule has 135 heavy (non-hydrogen) atoms. The van der Waals surface area contributed by atoms with Gasteiger partial charge in [0.15, 0.2) is 5.96 Å². The fraction of sp³-hybridized carbons (Fsp3) is 0.527. The van der Waals surface area contributed by atoms with E-state index < -0.39 is 222 Å². The van der Waals surface area contributed by atoms with Gasteiger partial charge in [-0.25, -0.2) is 4.98 Å². The van der Waals surface area contributed by atoms with Crippen LogP contribution >= 0.6 is 11.8 Å². The fourth-order valence-electron chi connectivity index (χ4n) is 16.8. The van der Waals surface area contributed by atoms with Gasteiger partial charge in [0.1, 0.15) is 90.3 Å². The van der Waals surface area contributed by atoms with Crippen molar-refractivity contribution in [2.45, 2.75) is 235 Å². The molecule has 3 fully saturated rings. The van der Waals surface area contributed by atoms with Crippen molar-refractivity contribution in [1.82, 2.24) is 103 Å². The van der Waals surface area contributed by atoms with E-state index in [0.717, 1.165) is 26.5 Å². The van der Waals surface area contributed by atoms with Crippen LogP contribution in [-0.2, 0) is 107 Å². The zero-order valence-corrected chi connectivity index (χ0v) is 78.1.